The molecule has 0 aliphatic heterocycles. The second-order valence-electron chi connectivity index (χ2n) is 4.71. The van der Waals surface area contributed by atoms with Crippen LogP contribution < -0.4 is 4.74 Å². The number of likely N-dealkylation sites (N-methyl/N-ethyl adjacent to an activating group) is 1. The molecule has 0 aliphatic rings. The molecular formula is C14H18ClNO4. The van der Waals surface area contributed by atoms with Crippen molar-refractivity contribution in [2.75, 3.05) is 20.2 Å². The molecule has 6 heteroatoms. The average Bonchev–Trinajstić information content (AvgIpc) is 2.37. The summed E-state index contributed by atoms with van der Waals surface area (Å²) in [7, 11) is 1.56. The molecule has 0 fully saturated rings. The Morgan fingerprint density at radius 3 is 2.65 bits per heavy atom. The minimum absolute atomic E-state index is 0.134. The van der Waals surface area contributed by atoms with Crippen LogP contribution in [0.5, 0.6) is 5.75 Å². The fourth-order valence-corrected chi connectivity index (χ4v) is 1.84. The summed E-state index contributed by atoms with van der Waals surface area (Å²) in [6, 6.07) is 5.13. The Labute approximate surface area is 123 Å². The molecule has 0 saturated heterocycles. The minimum Gasteiger partial charge on any atom is -0.483 e. The maximum Gasteiger partial charge on any atom is 0.308 e. The molecule has 0 aliphatic carbocycles. The van der Waals surface area contributed by atoms with E-state index >= 15 is 0 Å². The Hall–Kier alpha value is -1.75. The van der Waals surface area contributed by atoms with E-state index < -0.39 is 11.9 Å². The molecule has 1 N–H and O–H groups in total. The topological polar surface area (TPSA) is 66.8 Å². The van der Waals surface area contributed by atoms with Crippen LogP contribution in [0.3, 0.4) is 0 Å². The summed E-state index contributed by atoms with van der Waals surface area (Å²) in [6.45, 7) is 3.40. The molecular weight excluding hydrogens is 282 g/mol. The second-order valence-corrected chi connectivity index (χ2v) is 5.15. The van der Waals surface area contributed by atoms with Gasteiger partial charge in [0.1, 0.15) is 5.75 Å². The standard InChI is InChI=1S/C14H18ClNO4/c1-9-6-11(15)4-5-12(9)20-8-13(17)16(3)7-10(2)14(18)19/h4-6,10H,7-8H2,1-3H3,(H,18,19). The largest absolute Gasteiger partial charge is 0.483 e. The van der Waals surface area contributed by atoms with Crippen molar-refractivity contribution < 1.29 is 19.4 Å². The first kappa shape index (κ1) is 16.3. The first-order valence-corrected chi connectivity index (χ1v) is 6.54. The number of carbonyl (C=O) groups is 2. The van der Waals surface area contributed by atoms with Gasteiger partial charge in [-0.05, 0) is 30.7 Å². The van der Waals surface area contributed by atoms with E-state index in [-0.39, 0.29) is 19.1 Å². The van der Waals surface area contributed by atoms with Crippen molar-refractivity contribution in [3.05, 3.63) is 28.8 Å². The van der Waals surface area contributed by atoms with Gasteiger partial charge in [0.2, 0.25) is 0 Å². The highest BCUT2D eigenvalue weighted by atomic mass is 35.5. The quantitative estimate of drug-likeness (QED) is 0.874. The lowest BCUT2D eigenvalue weighted by molar-refractivity contribution is -0.143. The van der Waals surface area contributed by atoms with Crippen LogP contribution in [-0.2, 0) is 9.59 Å². The number of carbonyl (C=O) groups excluding carboxylic acids is 1. The molecule has 110 valence electrons. The van der Waals surface area contributed by atoms with Gasteiger partial charge in [-0.2, -0.15) is 0 Å². The van der Waals surface area contributed by atoms with E-state index in [1.807, 2.05) is 6.92 Å². The summed E-state index contributed by atoms with van der Waals surface area (Å²) in [5.74, 6) is -1.23. The molecule has 0 saturated carbocycles. The SMILES string of the molecule is Cc1cc(Cl)ccc1OCC(=O)N(C)CC(C)C(=O)O. The van der Waals surface area contributed by atoms with E-state index in [1.54, 1.807) is 32.2 Å². The number of aliphatic carboxylic acids is 1. The molecule has 1 atom stereocenters. The van der Waals surface area contributed by atoms with Crippen LogP contribution >= 0.6 is 11.6 Å². The van der Waals surface area contributed by atoms with Gasteiger partial charge in [0, 0.05) is 18.6 Å². The number of benzene rings is 1. The van der Waals surface area contributed by atoms with Crippen molar-refractivity contribution in [3.8, 4) is 5.75 Å². The number of halogens is 1. The lowest BCUT2D eigenvalue weighted by Gasteiger charge is -2.19. The van der Waals surface area contributed by atoms with Crippen LogP contribution in [0.2, 0.25) is 5.02 Å². The molecule has 20 heavy (non-hydrogen) atoms. The van der Waals surface area contributed by atoms with Crippen LogP contribution in [0, 0.1) is 12.8 Å². The van der Waals surface area contributed by atoms with Gasteiger partial charge in [-0.3, -0.25) is 9.59 Å². The average molecular weight is 300 g/mol. The number of carboxylic acids is 1. The van der Waals surface area contributed by atoms with Crippen LogP contribution in [0.4, 0.5) is 0 Å². The Bertz CT molecular complexity index is 504. The van der Waals surface area contributed by atoms with Gasteiger partial charge in [0.05, 0.1) is 5.92 Å². The number of nitrogens with zero attached hydrogens (tertiary/aromatic N) is 1. The van der Waals surface area contributed by atoms with Gasteiger partial charge in [-0.1, -0.05) is 18.5 Å². The summed E-state index contributed by atoms with van der Waals surface area (Å²) in [5.41, 5.74) is 0.840. The zero-order chi connectivity index (χ0) is 15.3. The molecule has 0 spiro atoms. The number of rotatable bonds is 6. The van der Waals surface area contributed by atoms with Crippen molar-refractivity contribution in [1.82, 2.24) is 4.90 Å². The van der Waals surface area contributed by atoms with Crippen LogP contribution in [0.1, 0.15) is 12.5 Å². The third-order valence-corrected chi connectivity index (χ3v) is 3.12. The van der Waals surface area contributed by atoms with Gasteiger partial charge < -0.3 is 14.7 Å². The maximum atomic E-state index is 11.8. The van der Waals surface area contributed by atoms with Gasteiger partial charge in [-0.15, -0.1) is 0 Å². The first-order chi connectivity index (χ1) is 9.31. The fourth-order valence-electron chi connectivity index (χ4n) is 1.62. The smallest absolute Gasteiger partial charge is 0.308 e. The molecule has 1 aromatic rings. The summed E-state index contributed by atoms with van der Waals surface area (Å²) in [6.07, 6.45) is 0. The third-order valence-electron chi connectivity index (χ3n) is 2.88. The number of amides is 1. The highest BCUT2D eigenvalue weighted by Crippen LogP contribution is 2.21. The van der Waals surface area contributed by atoms with E-state index in [2.05, 4.69) is 0 Å². The lowest BCUT2D eigenvalue weighted by Crippen LogP contribution is -2.36. The maximum absolute atomic E-state index is 11.8. The number of hydrogen-bond donors (Lipinski definition) is 1. The molecule has 5 nitrogen and oxygen atoms in total. The van der Waals surface area contributed by atoms with Gasteiger partial charge in [0.15, 0.2) is 6.61 Å². The van der Waals surface area contributed by atoms with Gasteiger partial charge in [-0.25, -0.2) is 0 Å². The van der Waals surface area contributed by atoms with E-state index in [4.69, 9.17) is 21.4 Å². The fraction of sp³-hybridized carbons (Fsp3) is 0.429. The molecule has 1 amide bonds. The first-order valence-electron chi connectivity index (χ1n) is 6.17. The zero-order valence-corrected chi connectivity index (χ0v) is 12.5. The summed E-state index contributed by atoms with van der Waals surface area (Å²) >= 11 is 5.83. The Kier molecular flexibility index (Phi) is 5.82. The number of hydrogen-bond acceptors (Lipinski definition) is 3. The molecule has 1 rings (SSSR count). The lowest BCUT2D eigenvalue weighted by atomic mass is 10.2. The van der Waals surface area contributed by atoms with Crippen molar-refractivity contribution in [2.45, 2.75) is 13.8 Å². The van der Waals surface area contributed by atoms with Crippen LogP contribution in [0.25, 0.3) is 0 Å². The Balaban J connectivity index is 2.52. The summed E-state index contributed by atoms with van der Waals surface area (Å²) < 4.78 is 5.42. The van der Waals surface area contributed by atoms with Gasteiger partial charge >= 0.3 is 5.97 Å². The Morgan fingerprint density at radius 1 is 1.45 bits per heavy atom. The monoisotopic (exact) mass is 299 g/mol. The predicted molar refractivity (Wildman–Crippen MR) is 76.1 cm³/mol. The highest BCUT2D eigenvalue weighted by Gasteiger charge is 2.17. The molecule has 0 aromatic heterocycles. The van der Waals surface area contributed by atoms with Gasteiger partial charge in [0.25, 0.3) is 5.91 Å². The number of aryl methyl sites for hydroxylation is 1. The molecule has 0 bridgehead atoms. The van der Waals surface area contributed by atoms with E-state index in [0.717, 1.165) is 5.56 Å². The Morgan fingerprint density at radius 2 is 2.10 bits per heavy atom. The molecule has 1 unspecified atom stereocenters. The van der Waals surface area contributed by atoms with Crippen LogP contribution in [-0.4, -0.2) is 42.1 Å². The summed E-state index contributed by atoms with van der Waals surface area (Å²) in [5, 5.41) is 9.41. The van der Waals surface area contributed by atoms with Crippen molar-refractivity contribution in [1.29, 1.82) is 0 Å². The third kappa shape index (κ3) is 4.74. The minimum atomic E-state index is -0.931. The molecule has 0 radical (unpaired) electrons. The number of carboxylic acid groups (broad SMARTS) is 1. The zero-order valence-electron chi connectivity index (χ0n) is 11.7. The number of ether oxygens (including phenoxy) is 1. The van der Waals surface area contributed by atoms with Crippen molar-refractivity contribution in [3.63, 3.8) is 0 Å². The van der Waals surface area contributed by atoms with E-state index in [9.17, 15) is 9.59 Å². The highest BCUT2D eigenvalue weighted by molar-refractivity contribution is 6.30. The van der Waals surface area contributed by atoms with E-state index in [1.165, 1.54) is 4.90 Å². The van der Waals surface area contributed by atoms with Crippen molar-refractivity contribution in [2.24, 2.45) is 5.92 Å². The second kappa shape index (κ2) is 7.14. The molecule has 0 heterocycles. The molecule has 1 aromatic carbocycles. The van der Waals surface area contributed by atoms with Crippen LogP contribution in [0.15, 0.2) is 18.2 Å². The predicted octanol–water partition coefficient (Wildman–Crippen LogP) is 2.21. The van der Waals surface area contributed by atoms with E-state index in [0.29, 0.717) is 10.8 Å². The summed E-state index contributed by atoms with van der Waals surface area (Å²) in [4.78, 5) is 23.9. The van der Waals surface area contributed by atoms with Crippen molar-refractivity contribution >= 4 is 23.5 Å². The normalized spacial score (nSPS) is 11.8.